The molecule has 0 fully saturated rings. The molecule has 0 aliphatic heterocycles. The van der Waals surface area contributed by atoms with Crippen LogP contribution in [0.15, 0.2) is 201 Å². The van der Waals surface area contributed by atoms with Crippen molar-refractivity contribution >= 4 is 45.6 Å². The lowest BCUT2D eigenvalue weighted by Gasteiger charge is -2.16. The highest BCUT2D eigenvalue weighted by Gasteiger charge is 2.21. The minimum Gasteiger partial charge on any atom is -0.497 e. The lowest BCUT2D eigenvalue weighted by Crippen LogP contribution is -2.37. The van der Waals surface area contributed by atoms with Crippen LogP contribution in [0.25, 0.3) is 44.1 Å². The lowest BCUT2D eigenvalue weighted by molar-refractivity contribution is 0.0687. The fourth-order valence-electron chi connectivity index (χ4n) is 9.52. The van der Waals surface area contributed by atoms with Gasteiger partial charge in [-0.3, -0.25) is 28.3 Å². The van der Waals surface area contributed by atoms with Crippen molar-refractivity contribution in [2.75, 3.05) is 14.2 Å². The number of hydrogen-bond donors (Lipinski definition) is 6. The molecular weight excluding hydrogens is 1040 g/mol. The van der Waals surface area contributed by atoms with Gasteiger partial charge in [-0.2, -0.15) is 0 Å². The van der Waals surface area contributed by atoms with Crippen LogP contribution in [0.2, 0.25) is 0 Å². The molecule has 6 N–H and O–H groups in total. The Bertz CT molecular complexity index is 4020. The van der Waals surface area contributed by atoms with Crippen LogP contribution in [0.3, 0.4) is 0 Å². The first-order chi connectivity index (χ1) is 39.5. The average Bonchev–Trinajstić information content (AvgIpc) is 3.68. The third kappa shape index (κ3) is 12.1. The van der Waals surface area contributed by atoms with Crippen LogP contribution >= 0.6 is 0 Å². The third-order valence-electron chi connectivity index (χ3n) is 14.1. The standard InChI is InChI=1S/2C32H27N3O6/c2*1-19(21-9-11-22(12-10-21)25-5-3-4-6-26(25)31(38)39)35-30(37)27-17-23(13-16-28(27)34-32(35)40)29(36)33-18-20-7-14-24(41-2)15-8-20/h2*3-17,19H,18H2,1-2H3,(H,33,36)(H,34,40)(H,38,39). The molecule has 0 aliphatic carbocycles. The van der Waals surface area contributed by atoms with Gasteiger partial charge < -0.3 is 40.3 Å². The van der Waals surface area contributed by atoms with Crippen LogP contribution in [0.4, 0.5) is 0 Å². The van der Waals surface area contributed by atoms with Crippen molar-refractivity contribution in [3.05, 3.63) is 268 Å². The van der Waals surface area contributed by atoms with Crippen LogP contribution in [-0.4, -0.2) is 67.3 Å². The van der Waals surface area contributed by atoms with E-state index in [1.54, 1.807) is 162 Å². The highest BCUT2D eigenvalue weighted by molar-refractivity contribution is 5.99. The molecule has 10 rings (SSSR count). The van der Waals surface area contributed by atoms with Gasteiger partial charge in [0.25, 0.3) is 22.9 Å². The maximum absolute atomic E-state index is 13.5. The molecule has 82 heavy (non-hydrogen) atoms. The topological polar surface area (TPSA) is 261 Å². The Morgan fingerprint density at radius 2 is 0.829 bits per heavy atom. The Labute approximate surface area is 467 Å². The maximum Gasteiger partial charge on any atom is 0.336 e. The number of carboxylic acids is 2. The fraction of sp³-hybridized carbons (Fsp3) is 0.125. The number of benzene rings is 8. The molecule has 18 heteroatoms. The lowest BCUT2D eigenvalue weighted by atomic mass is 9.97. The van der Waals surface area contributed by atoms with Gasteiger partial charge >= 0.3 is 23.3 Å². The number of carboxylic acid groups (broad SMARTS) is 2. The van der Waals surface area contributed by atoms with Gasteiger partial charge in [0.15, 0.2) is 0 Å². The zero-order chi connectivity index (χ0) is 58.2. The van der Waals surface area contributed by atoms with E-state index in [4.69, 9.17) is 9.47 Å². The van der Waals surface area contributed by atoms with Crippen molar-refractivity contribution in [2.45, 2.75) is 39.0 Å². The van der Waals surface area contributed by atoms with Crippen LogP contribution in [0, 0.1) is 0 Å². The number of ether oxygens (including phenoxy) is 2. The van der Waals surface area contributed by atoms with Crippen molar-refractivity contribution in [3.8, 4) is 33.8 Å². The monoisotopic (exact) mass is 1100 g/mol. The first kappa shape index (κ1) is 55.9. The largest absolute Gasteiger partial charge is 0.497 e. The van der Waals surface area contributed by atoms with Crippen LogP contribution in [-0.2, 0) is 13.1 Å². The van der Waals surface area contributed by atoms with Gasteiger partial charge in [-0.25, -0.2) is 19.2 Å². The van der Waals surface area contributed by atoms with Gasteiger partial charge in [0.2, 0.25) is 0 Å². The molecule has 0 saturated carbocycles. The Morgan fingerprint density at radius 3 is 1.17 bits per heavy atom. The quantitative estimate of drug-likeness (QED) is 0.0529. The van der Waals surface area contributed by atoms with E-state index >= 15 is 0 Å². The molecule has 412 valence electrons. The molecule has 2 unspecified atom stereocenters. The van der Waals surface area contributed by atoms with E-state index in [-0.39, 0.29) is 44.8 Å². The van der Waals surface area contributed by atoms with Gasteiger partial charge in [-0.05, 0) is 131 Å². The van der Waals surface area contributed by atoms with E-state index in [1.165, 1.54) is 24.3 Å². The summed E-state index contributed by atoms with van der Waals surface area (Å²) in [5.74, 6) is -1.33. The molecule has 2 amide bonds. The molecule has 2 aromatic heterocycles. The summed E-state index contributed by atoms with van der Waals surface area (Å²) in [4.78, 5) is 107. The number of aromatic carboxylic acids is 2. The molecule has 0 radical (unpaired) electrons. The maximum atomic E-state index is 13.5. The second-order valence-electron chi connectivity index (χ2n) is 19.1. The summed E-state index contributed by atoms with van der Waals surface area (Å²) in [5.41, 5.74) is 5.06. The number of carbonyl (C=O) groups is 4. The fourth-order valence-corrected chi connectivity index (χ4v) is 9.52. The summed E-state index contributed by atoms with van der Waals surface area (Å²) in [7, 11) is 3.16. The molecule has 2 heterocycles. The first-order valence-corrected chi connectivity index (χ1v) is 25.8. The predicted molar refractivity (Wildman–Crippen MR) is 311 cm³/mol. The highest BCUT2D eigenvalue weighted by Crippen LogP contribution is 2.28. The molecule has 8 aromatic carbocycles. The second-order valence-corrected chi connectivity index (χ2v) is 19.1. The van der Waals surface area contributed by atoms with E-state index in [2.05, 4.69) is 20.6 Å². The Hall–Kier alpha value is -10.9. The molecule has 18 nitrogen and oxygen atoms in total. The minimum atomic E-state index is -1.03. The Balaban J connectivity index is 0.000000198. The Morgan fingerprint density at radius 1 is 0.476 bits per heavy atom. The Kier molecular flexibility index (Phi) is 16.6. The first-order valence-electron chi connectivity index (χ1n) is 25.8. The molecular formula is C64H54N6O12. The molecule has 0 bridgehead atoms. The third-order valence-corrected chi connectivity index (χ3v) is 14.1. The van der Waals surface area contributed by atoms with Crippen LogP contribution in [0.5, 0.6) is 11.5 Å². The predicted octanol–water partition coefficient (Wildman–Crippen LogP) is 9.21. The van der Waals surface area contributed by atoms with Crippen LogP contribution < -0.4 is 42.6 Å². The molecule has 0 aliphatic rings. The number of aromatic nitrogens is 4. The van der Waals surface area contributed by atoms with Crippen molar-refractivity contribution in [1.29, 1.82) is 0 Å². The van der Waals surface area contributed by atoms with E-state index in [1.807, 2.05) is 24.3 Å². The zero-order valence-electron chi connectivity index (χ0n) is 44.8. The van der Waals surface area contributed by atoms with Crippen molar-refractivity contribution in [3.63, 3.8) is 0 Å². The summed E-state index contributed by atoms with van der Waals surface area (Å²) in [6.07, 6.45) is 0. The molecule has 0 spiro atoms. The summed E-state index contributed by atoms with van der Waals surface area (Å²) in [5, 5.41) is 25.1. The average molecular weight is 1100 g/mol. The van der Waals surface area contributed by atoms with Gasteiger partial charge in [0.05, 0.1) is 59.2 Å². The summed E-state index contributed by atoms with van der Waals surface area (Å²) in [6, 6.07) is 50.0. The number of H-pyrrole nitrogens is 2. The van der Waals surface area contributed by atoms with Gasteiger partial charge in [-0.1, -0.05) is 109 Å². The number of hydrogen-bond acceptors (Lipinski definition) is 10. The highest BCUT2D eigenvalue weighted by atomic mass is 16.5. The van der Waals surface area contributed by atoms with Crippen LogP contribution in [0.1, 0.15) is 89.6 Å². The molecule has 10 aromatic rings. The number of carbonyl (C=O) groups excluding carboxylic acids is 2. The second kappa shape index (κ2) is 24.4. The van der Waals surface area contributed by atoms with Crippen molar-refractivity contribution in [1.82, 2.24) is 29.7 Å². The minimum absolute atomic E-state index is 0.180. The number of rotatable bonds is 16. The number of nitrogens with zero attached hydrogens (tertiary/aromatic N) is 2. The smallest absolute Gasteiger partial charge is 0.336 e. The zero-order valence-corrected chi connectivity index (χ0v) is 44.8. The normalized spacial score (nSPS) is 11.7. The number of aromatic amines is 2. The van der Waals surface area contributed by atoms with Crippen molar-refractivity contribution < 1.29 is 38.9 Å². The van der Waals surface area contributed by atoms with E-state index < -0.39 is 46.5 Å². The summed E-state index contributed by atoms with van der Waals surface area (Å²) < 4.78 is 12.5. The number of nitrogens with one attached hydrogen (secondary N) is 4. The number of methoxy groups -OCH3 is 2. The molecule has 0 saturated heterocycles. The van der Waals surface area contributed by atoms with Gasteiger partial charge in [-0.15, -0.1) is 0 Å². The number of amides is 2. The van der Waals surface area contributed by atoms with Crippen molar-refractivity contribution in [2.24, 2.45) is 0 Å². The summed E-state index contributed by atoms with van der Waals surface area (Å²) in [6.45, 7) is 4.05. The van der Waals surface area contributed by atoms with Gasteiger partial charge in [0.1, 0.15) is 11.5 Å². The van der Waals surface area contributed by atoms with E-state index in [0.29, 0.717) is 69.0 Å². The van der Waals surface area contributed by atoms with E-state index in [0.717, 1.165) is 20.3 Å². The van der Waals surface area contributed by atoms with Gasteiger partial charge in [0, 0.05) is 24.2 Å². The SMILES string of the molecule is COc1ccc(CNC(=O)c2ccc3[nH]c(=O)n(C(C)c4ccc(-c5ccccc5C(=O)O)cc4)c(=O)c3c2)cc1.COc1ccc(CNC(=O)c2ccc3[nH]c(=O)n(C(C)c4ccc(-c5ccccc5C(=O)O)cc4)c(=O)c3c2)cc1. The summed E-state index contributed by atoms with van der Waals surface area (Å²) >= 11 is 0. The number of fused-ring (bicyclic) bond motifs is 2. The molecule has 2 atom stereocenters. The van der Waals surface area contributed by atoms with E-state index in [9.17, 15) is 48.6 Å².